The van der Waals surface area contributed by atoms with Crippen molar-refractivity contribution in [1.82, 2.24) is 25.1 Å². The molecule has 2 aromatic heterocycles. The molecule has 258 valence electrons. The van der Waals surface area contributed by atoms with E-state index in [-0.39, 0.29) is 43.4 Å². The molecule has 1 saturated heterocycles. The van der Waals surface area contributed by atoms with Crippen molar-refractivity contribution in [3.63, 3.8) is 0 Å². The minimum atomic E-state index is -0.745. The van der Waals surface area contributed by atoms with Crippen molar-refractivity contribution >= 4 is 40.7 Å². The maximum absolute atomic E-state index is 15.0. The van der Waals surface area contributed by atoms with Gasteiger partial charge in [-0.3, -0.25) is 19.3 Å². The molecule has 11 nitrogen and oxygen atoms in total. The Bertz CT molecular complexity index is 2000. The number of hydrogen-bond donors (Lipinski definition) is 3. The average Bonchev–Trinajstić information content (AvgIpc) is 3.83. The van der Waals surface area contributed by atoms with Crippen LogP contribution in [0.2, 0.25) is 0 Å². The van der Waals surface area contributed by atoms with Crippen molar-refractivity contribution in [2.45, 2.75) is 57.2 Å². The number of carbonyl (C=O) groups excluding carboxylic acids is 4. The van der Waals surface area contributed by atoms with Crippen LogP contribution in [-0.2, 0) is 16.1 Å². The number of fused-ring (bicyclic) bond motifs is 2. The van der Waals surface area contributed by atoms with Crippen LogP contribution in [0.25, 0.3) is 10.9 Å². The van der Waals surface area contributed by atoms with Crippen molar-refractivity contribution in [3.8, 4) is 17.6 Å². The third-order valence-corrected chi connectivity index (χ3v) is 9.25. The van der Waals surface area contributed by atoms with Gasteiger partial charge >= 0.3 is 0 Å². The maximum Gasteiger partial charge on any atom is 0.259 e. The topological polar surface area (TPSA) is 137 Å². The standard InChI is InChI=1S/C38H39FN6O5/c1-40-37(48)34(13-8-17-46)45-23-29-24(10-6-11-27(29)38(45)49)9-4-3-5-18-50-26-14-15-28(30(39)20-26)36(47)43-35-21-31-25(22-41-35)19-32(42-31)33-12-7-16-44(33)2/h6,10-11,14-15,17,19-22,33-34,42H,3,5,7-8,12-13,16,18,23H2,1-2H3,(H,40,48)(H,41,43,47). The fourth-order valence-electron chi connectivity index (χ4n) is 6.61. The van der Waals surface area contributed by atoms with Crippen molar-refractivity contribution in [3.05, 3.63) is 88.5 Å². The van der Waals surface area contributed by atoms with E-state index in [1.165, 1.54) is 24.1 Å². The second kappa shape index (κ2) is 15.3. The molecule has 2 aliphatic rings. The molecule has 2 unspecified atom stereocenters. The Morgan fingerprint density at radius 2 is 2.08 bits per heavy atom. The predicted octanol–water partition coefficient (Wildman–Crippen LogP) is 4.98. The molecule has 3 amide bonds. The van der Waals surface area contributed by atoms with E-state index in [9.17, 15) is 23.6 Å². The van der Waals surface area contributed by atoms with Gasteiger partial charge < -0.3 is 30.0 Å². The number of likely N-dealkylation sites (N-methyl/N-ethyl adjacent to an activating group) is 1. The third kappa shape index (κ3) is 7.38. The van der Waals surface area contributed by atoms with Gasteiger partial charge in [-0.1, -0.05) is 17.9 Å². The summed E-state index contributed by atoms with van der Waals surface area (Å²) in [4.78, 5) is 61.0. The Morgan fingerprint density at radius 3 is 2.84 bits per heavy atom. The number of H-pyrrole nitrogens is 1. The summed E-state index contributed by atoms with van der Waals surface area (Å²) in [5.41, 5.74) is 3.80. The summed E-state index contributed by atoms with van der Waals surface area (Å²) in [7, 11) is 3.61. The van der Waals surface area contributed by atoms with Crippen LogP contribution in [0, 0.1) is 17.7 Å². The van der Waals surface area contributed by atoms with Crippen LogP contribution >= 0.6 is 0 Å². The van der Waals surface area contributed by atoms with Gasteiger partial charge in [0.15, 0.2) is 0 Å². The smallest absolute Gasteiger partial charge is 0.259 e. The molecule has 4 aromatic rings. The lowest BCUT2D eigenvalue weighted by Crippen LogP contribution is -2.46. The van der Waals surface area contributed by atoms with E-state index in [2.05, 4.69) is 50.5 Å². The predicted molar refractivity (Wildman–Crippen MR) is 186 cm³/mol. The zero-order valence-corrected chi connectivity index (χ0v) is 28.1. The van der Waals surface area contributed by atoms with Gasteiger partial charge in [0.05, 0.1) is 17.7 Å². The van der Waals surface area contributed by atoms with Crippen molar-refractivity contribution in [2.24, 2.45) is 0 Å². The number of rotatable bonds is 12. The molecule has 0 saturated carbocycles. The van der Waals surface area contributed by atoms with Gasteiger partial charge in [0.1, 0.15) is 29.7 Å². The number of nitrogens with one attached hydrogen (secondary N) is 3. The molecule has 2 atom stereocenters. The van der Waals surface area contributed by atoms with Gasteiger partial charge in [0.25, 0.3) is 11.8 Å². The molecular formula is C38H39FN6O5. The van der Waals surface area contributed by atoms with E-state index in [0.717, 1.165) is 47.8 Å². The van der Waals surface area contributed by atoms with Gasteiger partial charge in [0.2, 0.25) is 5.91 Å². The minimum Gasteiger partial charge on any atom is -0.493 e. The number of nitrogens with zero attached hydrogens (tertiary/aromatic N) is 3. The summed E-state index contributed by atoms with van der Waals surface area (Å²) in [6, 6.07) is 12.9. The van der Waals surface area contributed by atoms with Gasteiger partial charge in [-0.15, -0.1) is 0 Å². The highest BCUT2D eigenvalue weighted by Gasteiger charge is 2.36. The number of halogens is 1. The Hall–Kier alpha value is -5.54. The number of hydrogen-bond acceptors (Lipinski definition) is 7. The van der Waals surface area contributed by atoms with Crippen molar-refractivity contribution in [2.75, 3.05) is 32.6 Å². The number of aromatic amines is 1. The van der Waals surface area contributed by atoms with Crippen LogP contribution in [0.3, 0.4) is 0 Å². The van der Waals surface area contributed by atoms with Crippen molar-refractivity contribution < 1.29 is 28.3 Å². The molecule has 0 aliphatic carbocycles. The lowest BCUT2D eigenvalue weighted by Gasteiger charge is -2.25. The Labute approximate surface area is 289 Å². The number of carbonyl (C=O) groups is 4. The molecule has 0 bridgehead atoms. The molecule has 0 spiro atoms. The molecule has 3 N–H and O–H groups in total. The highest BCUT2D eigenvalue weighted by Crippen LogP contribution is 2.32. The van der Waals surface area contributed by atoms with Crippen LogP contribution in [0.1, 0.15) is 82.1 Å². The molecule has 12 heteroatoms. The number of pyridine rings is 1. The van der Waals surface area contributed by atoms with Crippen molar-refractivity contribution in [1.29, 1.82) is 0 Å². The van der Waals surface area contributed by atoms with Gasteiger partial charge in [-0.25, -0.2) is 9.37 Å². The molecule has 6 rings (SSSR count). The first-order valence-electron chi connectivity index (χ1n) is 16.8. The van der Waals surface area contributed by atoms with E-state index in [1.54, 1.807) is 30.5 Å². The van der Waals surface area contributed by atoms with Gasteiger partial charge in [-0.05, 0) is 75.2 Å². The maximum atomic E-state index is 15.0. The van der Waals surface area contributed by atoms with E-state index < -0.39 is 17.8 Å². The molecule has 2 aliphatic heterocycles. The number of amides is 3. The molecule has 50 heavy (non-hydrogen) atoms. The normalized spacial score (nSPS) is 16.1. The summed E-state index contributed by atoms with van der Waals surface area (Å²) in [5.74, 6) is 4.96. The monoisotopic (exact) mass is 678 g/mol. The Kier molecular flexibility index (Phi) is 10.5. The fourth-order valence-corrected chi connectivity index (χ4v) is 6.61. The Morgan fingerprint density at radius 1 is 1.22 bits per heavy atom. The molecule has 0 radical (unpaired) electrons. The number of aldehydes is 1. The Balaban J connectivity index is 1.00. The largest absolute Gasteiger partial charge is 0.493 e. The highest BCUT2D eigenvalue weighted by molar-refractivity contribution is 6.04. The van der Waals surface area contributed by atoms with Crippen LogP contribution in [0.5, 0.6) is 5.75 Å². The lowest BCUT2D eigenvalue weighted by molar-refractivity contribution is -0.125. The molecular weight excluding hydrogens is 639 g/mol. The second-order valence-corrected chi connectivity index (χ2v) is 12.5. The van der Waals surface area contributed by atoms with Crippen LogP contribution in [0.4, 0.5) is 10.2 Å². The number of unbranched alkanes of at least 4 members (excludes halogenated alkanes) is 1. The van der Waals surface area contributed by atoms with Crippen LogP contribution in [0.15, 0.2) is 54.7 Å². The first-order valence-corrected chi connectivity index (χ1v) is 16.8. The van der Waals surface area contributed by atoms with E-state index in [0.29, 0.717) is 41.6 Å². The first kappa shape index (κ1) is 34.3. The SMILES string of the molecule is CNC(=O)C(CCC=O)N1Cc2c(C#CCCCOc3ccc(C(=O)Nc4cc5[nH]c(C6CCCN6C)cc5cn4)c(F)c3)cccc2C1=O. The van der Waals surface area contributed by atoms with E-state index in [4.69, 9.17) is 4.74 Å². The lowest BCUT2D eigenvalue weighted by atomic mass is 10.0. The minimum absolute atomic E-state index is 0.123. The third-order valence-electron chi connectivity index (χ3n) is 9.25. The number of aromatic nitrogens is 2. The number of anilines is 1. The van der Waals surface area contributed by atoms with Crippen LogP contribution in [-0.4, -0.2) is 77.1 Å². The van der Waals surface area contributed by atoms with Gasteiger partial charge in [-0.2, -0.15) is 0 Å². The zero-order valence-electron chi connectivity index (χ0n) is 28.1. The average molecular weight is 679 g/mol. The highest BCUT2D eigenvalue weighted by atomic mass is 19.1. The first-order chi connectivity index (χ1) is 24.3. The van der Waals surface area contributed by atoms with Crippen LogP contribution < -0.4 is 15.4 Å². The number of likely N-dealkylation sites (tertiary alicyclic amines) is 1. The quantitative estimate of drug-likeness (QED) is 0.109. The summed E-state index contributed by atoms with van der Waals surface area (Å²) in [5, 5.41) is 6.22. The second-order valence-electron chi connectivity index (χ2n) is 12.5. The summed E-state index contributed by atoms with van der Waals surface area (Å²) in [6.45, 7) is 1.57. The molecule has 1 fully saturated rings. The number of ether oxygens (including phenoxy) is 1. The van der Waals surface area contributed by atoms with E-state index in [1.807, 2.05) is 6.07 Å². The van der Waals surface area contributed by atoms with Gasteiger partial charge in [0, 0.05) is 73.0 Å². The summed E-state index contributed by atoms with van der Waals surface area (Å²) >= 11 is 0. The summed E-state index contributed by atoms with van der Waals surface area (Å²) < 4.78 is 20.7. The molecule has 4 heterocycles. The number of benzene rings is 2. The van der Waals surface area contributed by atoms with E-state index >= 15 is 0 Å². The fraction of sp³-hybridized carbons (Fsp3) is 0.342. The summed E-state index contributed by atoms with van der Waals surface area (Å²) in [6.07, 6.45) is 6.13. The zero-order chi connectivity index (χ0) is 35.2. The molecule has 2 aromatic carbocycles.